The van der Waals surface area contributed by atoms with Crippen molar-refractivity contribution < 1.29 is 39.8 Å². The second-order valence-corrected chi connectivity index (χ2v) is 20.4. The van der Waals surface area contributed by atoms with Gasteiger partial charge in [-0.3, -0.25) is 4.79 Å². The third-order valence-corrected chi connectivity index (χ3v) is 13.9. The van der Waals surface area contributed by atoms with E-state index in [1.54, 1.807) is 6.08 Å². The zero-order chi connectivity index (χ0) is 50.1. The van der Waals surface area contributed by atoms with Gasteiger partial charge >= 0.3 is 0 Å². The van der Waals surface area contributed by atoms with Crippen LogP contribution in [0.5, 0.6) is 0 Å². The summed E-state index contributed by atoms with van der Waals surface area (Å²) in [4.78, 5) is 13.1. The predicted octanol–water partition coefficient (Wildman–Crippen LogP) is 14.5. The van der Waals surface area contributed by atoms with Crippen LogP contribution in [-0.2, 0) is 14.3 Å². The van der Waals surface area contributed by atoms with E-state index in [4.69, 9.17) is 9.47 Å². The molecule has 7 atom stereocenters. The maximum atomic E-state index is 13.1. The van der Waals surface area contributed by atoms with Gasteiger partial charge in [-0.25, -0.2) is 0 Å². The number of allylic oxidation sites excluding steroid dienone is 7. The molecular weight excluding hydrogens is 863 g/mol. The number of carbonyl (C=O) groups is 1. The topological polar surface area (TPSA) is 149 Å². The zero-order valence-corrected chi connectivity index (χ0v) is 44.8. The lowest BCUT2D eigenvalue weighted by Gasteiger charge is -2.40. The van der Waals surface area contributed by atoms with Gasteiger partial charge in [0.15, 0.2) is 6.29 Å². The fourth-order valence-corrected chi connectivity index (χ4v) is 9.22. The van der Waals surface area contributed by atoms with E-state index in [0.717, 1.165) is 51.4 Å². The largest absolute Gasteiger partial charge is 0.394 e. The van der Waals surface area contributed by atoms with E-state index < -0.39 is 49.5 Å². The van der Waals surface area contributed by atoms with Gasteiger partial charge in [0, 0.05) is 6.42 Å². The molecule has 0 spiro atoms. The minimum absolute atomic E-state index is 0.177. The summed E-state index contributed by atoms with van der Waals surface area (Å²) in [6.07, 6.45) is 58.8. The number of hydrogen-bond donors (Lipinski definition) is 6. The Kier molecular flexibility index (Phi) is 47.0. The van der Waals surface area contributed by atoms with E-state index in [1.807, 2.05) is 6.08 Å². The standard InChI is InChI=1S/C60H111NO8/c1-3-5-7-9-11-13-15-17-19-21-23-24-25-26-27-28-29-30-32-34-36-38-40-42-44-46-48-50-56(64)61-53(52-68-60-59(67)58(66)57(65)55(51-62)69-60)54(63)49-47-45-43-41-39-37-35-33-31-22-20-18-16-14-12-10-8-6-4-2/h15,17,21,23,25-26,47,49,53-55,57-60,62-63,65-67H,3-14,16,18-20,22,24,27-46,48,50-52H2,1-2H3,(H,61,64)/b17-15-,23-21-,26-25-,49-47+. The summed E-state index contributed by atoms with van der Waals surface area (Å²) in [5, 5.41) is 54.5. The Labute approximate surface area is 424 Å². The van der Waals surface area contributed by atoms with Gasteiger partial charge in [0.05, 0.1) is 25.4 Å². The van der Waals surface area contributed by atoms with Crippen LogP contribution in [0.25, 0.3) is 0 Å². The number of nitrogens with one attached hydrogen (secondary N) is 1. The first kappa shape index (κ1) is 65.2. The number of unbranched alkanes of at least 4 members (excludes halogenated alkanes) is 34. The SMILES string of the molecule is CCCCCCC/C=C\C/C=C\C/C=C\CCCCCCCCCCCCCCC(=O)NC(COC1OC(CO)C(O)C(O)C1O)C(O)/C=C/CCCCCCCCCCCCCCCCCCC. The highest BCUT2D eigenvalue weighted by Gasteiger charge is 2.44. The van der Waals surface area contributed by atoms with E-state index >= 15 is 0 Å². The van der Waals surface area contributed by atoms with Crippen LogP contribution < -0.4 is 5.32 Å². The molecular formula is C60H111NO8. The molecule has 0 aliphatic carbocycles. The Hall–Kier alpha value is -1.85. The lowest BCUT2D eigenvalue weighted by atomic mass is 9.99. The van der Waals surface area contributed by atoms with Gasteiger partial charge in [-0.05, 0) is 57.8 Å². The van der Waals surface area contributed by atoms with E-state index in [2.05, 4.69) is 55.6 Å². The average molecular weight is 975 g/mol. The molecule has 9 heteroatoms. The van der Waals surface area contributed by atoms with Crippen LogP contribution in [0.3, 0.4) is 0 Å². The highest BCUT2D eigenvalue weighted by Crippen LogP contribution is 2.23. The maximum absolute atomic E-state index is 13.1. The second-order valence-electron chi connectivity index (χ2n) is 20.4. The van der Waals surface area contributed by atoms with Crippen molar-refractivity contribution in [1.29, 1.82) is 0 Å². The molecule has 69 heavy (non-hydrogen) atoms. The third kappa shape index (κ3) is 39.4. The van der Waals surface area contributed by atoms with Crippen LogP contribution in [0, 0.1) is 0 Å². The van der Waals surface area contributed by atoms with Crippen molar-refractivity contribution in [2.75, 3.05) is 13.2 Å². The van der Waals surface area contributed by atoms with Crippen molar-refractivity contribution in [2.45, 2.75) is 314 Å². The Bertz CT molecular complexity index is 1220. The first-order chi connectivity index (χ1) is 33.8. The summed E-state index contributed by atoms with van der Waals surface area (Å²) in [7, 11) is 0. The Morgan fingerprint density at radius 3 is 1.26 bits per heavy atom. The minimum atomic E-state index is -1.57. The molecule has 1 aliphatic rings. The molecule has 1 heterocycles. The predicted molar refractivity (Wildman–Crippen MR) is 290 cm³/mol. The molecule has 1 aliphatic heterocycles. The van der Waals surface area contributed by atoms with Crippen molar-refractivity contribution in [3.63, 3.8) is 0 Å². The van der Waals surface area contributed by atoms with Crippen LogP contribution in [-0.4, -0.2) is 87.5 Å². The summed E-state index contributed by atoms with van der Waals surface area (Å²) in [5.74, 6) is -0.177. The number of aliphatic hydroxyl groups excluding tert-OH is 5. The van der Waals surface area contributed by atoms with E-state index in [-0.39, 0.29) is 12.5 Å². The van der Waals surface area contributed by atoms with E-state index in [0.29, 0.717) is 6.42 Å². The highest BCUT2D eigenvalue weighted by molar-refractivity contribution is 5.76. The molecule has 1 amide bonds. The summed E-state index contributed by atoms with van der Waals surface area (Å²) < 4.78 is 11.3. The molecule has 1 rings (SSSR count). The maximum Gasteiger partial charge on any atom is 0.220 e. The van der Waals surface area contributed by atoms with Gasteiger partial charge in [-0.2, -0.15) is 0 Å². The molecule has 0 radical (unpaired) electrons. The van der Waals surface area contributed by atoms with Crippen molar-refractivity contribution >= 4 is 5.91 Å². The van der Waals surface area contributed by atoms with Gasteiger partial charge in [-0.1, -0.05) is 255 Å². The molecule has 0 saturated carbocycles. The third-order valence-electron chi connectivity index (χ3n) is 13.9. The lowest BCUT2D eigenvalue weighted by molar-refractivity contribution is -0.302. The first-order valence-electron chi connectivity index (χ1n) is 29.4. The lowest BCUT2D eigenvalue weighted by Crippen LogP contribution is -2.60. The van der Waals surface area contributed by atoms with E-state index in [9.17, 15) is 30.3 Å². The molecule has 1 saturated heterocycles. The molecule has 7 unspecified atom stereocenters. The second kappa shape index (κ2) is 49.7. The smallest absolute Gasteiger partial charge is 0.220 e. The monoisotopic (exact) mass is 974 g/mol. The number of carbonyl (C=O) groups excluding carboxylic acids is 1. The van der Waals surface area contributed by atoms with Gasteiger partial charge in [-0.15, -0.1) is 0 Å². The normalized spacial score (nSPS) is 19.8. The summed E-state index contributed by atoms with van der Waals surface area (Å²) in [6, 6.07) is -0.807. The van der Waals surface area contributed by atoms with Gasteiger partial charge in [0.1, 0.15) is 24.4 Å². The van der Waals surface area contributed by atoms with Crippen molar-refractivity contribution in [3.05, 3.63) is 48.6 Å². The van der Waals surface area contributed by atoms with Crippen molar-refractivity contribution in [2.24, 2.45) is 0 Å². The quantitative estimate of drug-likeness (QED) is 0.0261. The average Bonchev–Trinajstić information content (AvgIpc) is 3.35. The summed E-state index contributed by atoms with van der Waals surface area (Å²) in [6.45, 7) is 3.79. The van der Waals surface area contributed by atoms with Crippen LogP contribution in [0.1, 0.15) is 271 Å². The summed E-state index contributed by atoms with van der Waals surface area (Å²) >= 11 is 0. The molecule has 1 fully saturated rings. The Balaban J connectivity index is 2.22. The van der Waals surface area contributed by atoms with E-state index in [1.165, 1.54) is 199 Å². The van der Waals surface area contributed by atoms with Crippen LogP contribution >= 0.6 is 0 Å². The number of aliphatic hydroxyl groups is 5. The molecule has 6 N–H and O–H groups in total. The number of hydrogen-bond acceptors (Lipinski definition) is 8. The van der Waals surface area contributed by atoms with Crippen molar-refractivity contribution in [3.8, 4) is 0 Å². The minimum Gasteiger partial charge on any atom is -0.394 e. The molecule has 404 valence electrons. The number of rotatable bonds is 50. The molecule has 9 nitrogen and oxygen atoms in total. The van der Waals surface area contributed by atoms with Crippen LogP contribution in [0.15, 0.2) is 48.6 Å². The fourth-order valence-electron chi connectivity index (χ4n) is 9.22. The molecule has 0 aromatic carbocycles. The molecule has 0 aromatic rings. The van der Waals surface area contributed by atoms with Gasteiger partial charge in [0.2, 0.25) is 5.91 Å². The van der Waals surface area contributed by atoms with Crippen LogP contribution in [0.2, 0.25) is 0 Å². The Morgan fingerprint density at radius 1 is 0.493 bits per heavy atom. The first-order valence-corrected chi connectivity index (χ1v) is 29.4. The summed E-state index contributed by atoms with van der Waals surface area (Å²) in [5.41, 5.74) is 0. The van der Waals surface area contributed by atoms with Crippen LogP contribution in [0.4, 0.5) is 0 Å². The van der Waals surface area contributed by atoms with Crippen molar-refractivity contribution in [1.82, 2.24) is 5.32 Å². The zero-order valence-electron chi connectivity index (χ0n) is 44.8. The highest BCUT2D eigenvalue weighted by atomic mass is 16.7. The number of ether oxygens (including phenoxy) is 2. The Morgan fingerprint density at radius 2 is 0.855 bits per heavy atom. The molecule has 0 bridgehead atoms. The van der Waals surface area contributed by atoms with Gasteiger partial charge in [0.25, 0.3) is 0 Å². The number of amides is 1. The fraction of sp³-hybridized carbons (Fsp3) is 0.850. The molecule has 0 aromatic heterocycles. The van der Waals surface area contributed by atoms with Gasteiger partial charge < -0.3 is 40.3 Å².